The van der Waals surface area contributed by atoms with E-state index in [1.165, 1.54) is 16.0 Å². The summed E-state index contributed by atoms with van der Waals surface area (Å²) in [4.78, 5) is 3.57. The van der Waals surface area contributed by atoms with Crippen LogP contribution in [0.5, 0.6) is 0 Å². The summed E-state index contributed by atoms with van der Waals surface area (Å²) >= 11 is 5.32. The Morgan fingerprint density at radius 3 is 1.75 bits per heavy atom. The first-order valence-electron chi connectivity index (χ1n) is 9.10. The van der Waals surface area contributed by atoms with Crippen LogP contribution in [0.4, 0.5) is 17.1 Å². The molecule has 0 amide bonds. The van der Waals surface area contributed by atoms with Crippen molar-refractivity contribution in [2.45, 2.75) is 4.90 Å². The van der Waals surface area contributed by atoms with Gasteiger partial charge >= 0.3 is 0 Å². The zero-order valence-electron chi connectivity index (χ0n) is 15.5. The maximum atomic E-state index is 3.54. The Morgan fingerprint density at radius 1 is 0.643 bits per heavy atom. The number of rotatable bonds is 5. The molecule has 0 fully saturated rings. The van der Waals surface area contributed by atoms with Gasteiger partial charge in [0.2, 0.25) is 0 Å². The van der Waals surface area contributed by atoms with Crippen LogP contribution in [0.25, 0.3) is 11.1 Å². The molecular weight excluding hydrogens is 426 g/mol. The molecule has 0 aliphatic rings. The van der Waals surface area contributed by atoms with E-state index >= 15 is 0 Å². The summed E-state index contributed by atoms with van der Waals surface area (Å²) in [6, 6.07) is 36.2. The third kappa shape index (κ3) is 4.01. The van der Waals surface area contributed by atoms with Crippen LogP contribution in [0.15, 0.2) is 112 Å². The number of para-hydroxylation sites is 2. The highest BCUT2D eigenvalue weighted by molar-refractivity contribution is 9.10. The highest BCUT2D eigenvalue weighted by Gasteiger charge is 2.14. The fraction of sp³-hybridized carbons (Fsp3) is 0.0400. The van der Waals surface area contributed by atoms with Crippen LogP contribution in [0.2, 0.25) is 0 Å². The van der Waals surface area contributed by atoms with Crippen LogP contribution in [0.3, 0.4) is 0 Å². The van der Waals surface area contributed by atoms with Crippen molar-refractivity contribution in [2.75, 3.05) is 11.2 Å². The van der Waals surface area contributed by atoms with Crippen molar-refractivity contribution in [3.63, 3.8) is 0 Å². The molecule has 0 atom stereocenters. The maximum Gasteiger partial charge on any atom is 0.0468 e. The highest BCUT2D eigenvalue weighted by Crippen LogP contribution is 2.39. The van der Waals surface area contributed by atoms with Gasteiger partial charge in [-0.1, -0.05) is 64.5 Å². The zero-order chi connectivity index (χ0) is 19.3. The van der Waals surface area contributed by atoms with E-state index in [1.807, 2.05) is 0 Å². The van der Waals surface area contributed by atoms with Crippen molar-refractivity contribution < 1.29 is 0 Å². The van der Waals surface area contributed by atoms with Gasteiger partial charge < -0.3 is 4.90 Å². The van der Waals surface area contributed by atoms with Gasteiger partial charge in [0.25, 0.3) is 0 Å². The van der Waals surface area contributed by atoms with E-state index in [0.717, 1.165) is 21.5 Å². The Bertz CT molecular complexity index is 1010. The van der Waals surface area contributed by atoms with Crippen molar-refractivity contribution in [3.8, 4) is 11.1 Å². The molecule has 0 saturated carbocycles. The van der Waals surface area contributed by atoms with Gasteiger partial charge in [0.1, 0.15) is 0 Å². The van der Waals surface area contributed by atoms with Crippen LogP contribution in [0.1, 0.15) is 0 Å². The van der Waals surface area contributed by atoms with E-state index in [0.29, 0.717) is 0 Å². The Labute approximate surface area is 179 Å². The van der Waals surface area contributed by atoms with Gasteiger partial charge in [0.15, 0.2) is 0 Å². The molecule has 4 aromatic rings. The molecule has 0 N–H and O–H groups in total. The van der Waals surface area contributed by atoms with Crippen molar-refractivity contribution in [3.05, 3.63) is 108 Å². The number of halogens is 1. The molecule has 3 heteroatoms. The molecule has 0 aliphatic heterocycles. The standard InChI is InChI=1S/C25H20BrNS/c1-28-25-17-16-23(18-24(25)19-12-14-20(26)15-13-19)27(21-8-4-2-5-9-21)22-10-6-3-7-11-22/h2-18H,1H3. The van der Waals surface area contributed by atoms with Gasteiger partial charge in [0, 0.05) is 26.4 Å². The predicted molar refractivity (Wildman–Crippen MR) is 126 cm³/mol. The third-order valence-electron chi connectivity index (χ3n) is 4.63. The molecule has 28 heavy (non-hydrogen) atoms. The van der Waals surface area contributed by atoms with Crippen LogP contribution in [-0.4, -0.2) is 6.26 Å². The summed E-state index contributed by atoms with van der Waals surface area (Å²) in [5.74, 6) is 0. The van der Waals surface area contributed by atoms with Crippen LogP contribution in [-0.2, 0) is 0 Å². The fourth-order valence-electron chi connectivity index (χ4n) is 3.29. The van der Waals surface area contributed by atoms with Gasteiger partial charge in [-0.2, -0.15) is 0 Å². The Morgan fingerprint density at radius 2 is 1.21 bits per heavy atom. The summed E-state index contributed by atoms with van der Waals surface area (Å²) < 4.78 is 1.09. The lowest BCUT2D eigenvalue weighted by atomic mass is 10.0. The molecule has 0 unspecified atom stereocenters. The SMILES string of the molecule is CSc1ccc(N(c2ccccc2)c2ccccc2)cc1-c1ccc(Br)cc1. The smallest absolute Gasteiger partial charge is 0.0468 e. The maximum absolute atomic E-state index is 3.54. The number of thioether (sulfide) groups is 1. The first-order chi connectivity index (χ1) is 13.8. The monoisotopic (exact) mass is 445 g/mol. The van der Waals surface area contributed by atoms with E-state index in [-0.39, 0.29) is 0 Å². The molecule has 0 aromatic heterocycles. The third-order valence-corrected chi connectivity index (χ3v) is 5.95. The predicted octanol–water partition coefficient (Wildman–Crippen LogP) is 8.31. The minimum atomic E-state index is 1.09. The van der Waals surface area contributed by atoms with Gasteiger partial charge in [-0.15, -0.1) is 11.8 Å². The van der Waals surface area contributed by atoms with Gasteiger partial charge in [0.05, 0.1) is 0 Å². The minimum absolute atomic E-state index is 1.09. The number of anilines is 3. The largest absolute Gasteiger partial charge is 0.310 e. The van der Waals surface area contributed by atoms with E-state index in [2.05, 4.69) is 130 Å². The van der Waals surface area contributed by atoms with Crippen LogP contribution in [0, 0.1) is 0 Å². The zero-order valence-corrected chi connectivity index (χ0v) is 18.0. The van der Waals surface area contributed by atoms with Crippen molar-refractivity contribution in [1.82, 2.24) is 0 Å². The van der Waals surface area contributed by atoms with Gasteiger partial charge in [-0.25, -0.2) is 0 Å². The lowest BCUT2D eigenvalue weighted by Crippen LogP contribution is -2.09. The Hall–Kier alpha value is -2.49. The second-order valence-corrected chi connectivity index (χ2v) is 8.16. The Kier molecular flexibility index (Phi) is 5.84. The molecule has 138 valence electrons. The summed E-state index contributed by atoms with van der Waals surface area (Å²) in [6.45, 7) is 0. The topological polar surface area (TPSA) is 3.24 Å². The second kappa shape index (κ2) is 8.68. The molecule has 0 spiro atoms. The lowest BCUT2D eigenvalue weighted by Gasteiger charge is -2.26. The second-order valence-electron chi connectivity index (χ2n) is 6.40. The number of hydrogen-bond acceptors (Lipinski definition) is 2. The van der Waals surface area contributed by atoms with E-state index in [4.69, 9.17) is 0 Å². The summed E-state index contributed by atoms with van der Waals surface area (Å²) in [5, 5.41) is 0. The first kappa shape index (κ1) is 18.9. The summed E-state index contributed by atoms with van der Waals surface area (Å²) in [7, 11) is 0. The van der Waals surface area contributed by atoms with Gasteiger partial charge in [-0.3, -0.25) is 0 Å². The number of nitrogens with zero attached hydrogens (tertiary/aromatic N) is 1. The average molecular weight is 446 g/mol. The lowest BCUT2D eigenvalue weighted by molar-refractivity contribution is 1.27. The van der Waals surface area contributed by atoms with E-state index in [1.54, 1.807) is 11.8 Å². The highest BCUT2D eigenvalue weighted by atomic mass is 79.9. The molecule has 1 nitrogen and oxygen atoms in total. The number of benzene rings is 4. The van der Waals surface area contributed by atoms with Gasteiger partial charge in [-0.05, 0) is 72.0 Å². The van der Waals surface area contributed by atoms with Crippen molar-refractivity contribution in [2.24, 2.45) is 0 Å². The molecule has 0 bridgehead atoms. The van der Waals surface area contributed by atoms with Crippen molar-refractivity contribution in [1.29, 1.82) is 0 Å². The molecule has 4 aromatic carbocycles. The quantitative estimate of drug-likeness (QED) is 0.284. The molecule has 4 rings (SSSR count). The molecule has 0 saturated heterocycles. The fourth-order valence-corrected chi connectivity index (χ4v) is 4.16. The Balaban J connectivity index is 1.87. The first-order valence-corrected chi connectivity index (χ1v) is 11.1. The van der Waals surface area contributed by atoms with E-state index in [9.17, 15) is 0 Å². The minimum Gasteiger partial charge on any atom is -0.310 e. The average Bonchev–Trinajstić information content (AvgIpc) is 2.76. The molecular formula is C25H20BrNS. The summed E-state index contributed by atoms with van der Waals surface area (Å²) in [5.41, 5.74) is 5.90. The molecule has 0 radical (unpaired) electrons. The van der Waals surface area contributed by atoms with Crippen molar-refractivity contribution >= 4 is 44.8 Å². The molecule has 0 heterocycles. The number of hydrogen-bond donors (Lipinski definition) is 0. The molecule has 0 aliphatic carbocycles. The summed E-state index contributed by atoms with van der Waals surface area (Å²) in [6.07, 6.45) is 2.13. The normalized spacial score (nSPS) is 10.6. The van der Waals surface area contributed by atoms with Crippen LogP contribution >= 0.6 is 27.7 Å². The van der Waals surface area contributed by atoms with Crippen LogP contribution < -0.4 is 4.90 Å². The van der Waals surface area contributed by atoms with E-state index < -0.39 is 0 Å².